The van der Waals surface area contributed by atoms with Crippen molar-refractivity contribution in [3.63, 3.8) is 0 Å². The van der Waals surface area contributed by atoms with E-state index in [2.05, 4.69) is 9.44 Å². The molecule has 0 rings (SSSR count). The van der Waals surface area contributed by atoms with Crippen molar-refractivity contribution in [3.8, 4) is 0 Å². The first-order valence-corrected chi connectivity index (χ1v) is 10.1. The largest absolute Gasteiger partial charge is 0.384 e. The fourth-order valence-corrected chi connectivity index (χ4v) is 2.67. The Morgan fingerprint density at radius 3 is 2.10 bits per heavy atom. The first kappa shape index (κ1) is 19.8. The van der Waals surface area contributed by atoms with Crippen LogP contribution in [0.3, 0.4) is 0 Å². The van der Waals surface area contributed by atoms with E-state index in [1.165, 1.54) is 0 Å². The summed E-state index contributed by atoms with van der Waals surface area (Å²) < 4.78 is 53.5. The predicted molar refractivity (Wildman–Crippen MR) is 79.2 cm³/mol. The summed E-state index contributed by atoms with van der Waals surface area (Å²) in [6.45, 7) is 1.30. The molecular weight excluding hydrogens is 304 g/mol. The fraction of sp³-hybridized carbons (Fsp3) is 0.909. The topological polar surface area (TPSA) is 102 Å². The summed E-state index contributed by atoms with van der Waals surface area (Å²) in [5.41, 5.74) is 0. The molecule has 0 bridgehead atoms. The highest BCUT2D eigenvalue weighted by Crippen LogP contribution is 2.12. The molecule has 1 atom stereocenters. The van der Waals surface area contributed by atoms with Crippen LogP contribution in [0.2, 0.25) is 0 Å². The van der Waals surface area contributed by atoms with Gasteiger partial charge in [0.25, 0.3) is 0 Å². The minimum absolute atomic E-state index is 0.183. The quantitative estimate of drug-likeness (QED) is 0.480. The minimum atomic E-state index is -3.15. The summed E-state index contributed by atoms with van der Waals surface area (Å²) >= 11 is 0. The summed E-state index contributed by atoms with van der Waals surface area (Å²) in [5.74, 6) is 0.183. The average molecular weight is 329 g/mol. The molecule has 121 valence electrons. The van der Waals surface area contributed by atoms with E-state index in [1.54, 1.807) is 7.11 Å². The number of hydrogen-bond acceptors (Lipinski definition) is 5. The molecule has 0 saturated heterocycles. The first-order valence-electron chi connectivity index (χ1n) is 6.35. The number of sulfonamides is 2. The lowest BCUT2D eigenvalue weighted by atomic mass is 9.98. The standard InChI is InChI=1S/C11H25N2O5S2/c1-18-10-11(6-4-8-12-19(2,14)15)7-5-9-13-20(3,16)17/h6,11-13H,4-5,7-10H2,1-3H3. The van der Waals surface area contributed by atoms with Crippen LogP contribution < -0.4 is 9.44 Å². The molecule has 0 heterocycles. The van der Waals surface area contributed by atoms with Gasteiger partial charge in [-0.15, -0.1) is 0 Å². The molecule has 0 fully saturated rings. The number of nitrogens with one attached hydrogen (secondary N) is 2. The maximum absolute atomic E-state index is 10.9. The van der Waals surface area contributed by atoms with Gasteiger partial charge in [-0.3, -0.25) is 0 Å². The molecule has 0 aliphatic rings. The third kappa shape index (κ3) is 14.2. The normalized spacial score (nSPS) is 13.0. The van der Waals surface area contributed by atoms with Crippen LogP contribution in [0.25, 0.3) is 0 Å². The number of rotatable bonds is 12. The molecular formula is C11H25N2O5S2. The van der Waals surface area contributed by atoms with E-state index in [0.717, 1.165) is 18.9 Å². The third-order valence-electron chi connectivity index (χ3n) is 2.51. The van der Waals surface area contributed by atoms with E-state index in [-0.39, 0.29) is 5.92 Å². The van der Waals surface area contributed by atoms with Crippen molar-refractivity contribution in [1.82, 2.24) is 9.44 Å². The van der Waals surface area contributed by atoms with Crippen LogP contribution in [0.15, 0.2) is 0 Å². The van der Waals surface area contributed by atoms with Gasteiger partial charge in [0.1, 0.15) is 0 Å². The molecule has 0 aliphatic heterocycles. The van der Waals surface area contributed by atoms with Gasteiger partial charge in [0.2, 0.25) is 20.0 Å². The van der Waals surface area contributed by atoms with Gasteiger partial charge in [0, 0.05) is 26.8 Å². The molecule has 2 N–H and O–H groups in total. The first-order chi connectivity index (χ1) is 9.14. The van der Waals surface area contributed by atoms with E-state index in [0.29, 0.717) is 32.5 Å². The summed E-state index contributed by atoms with van der Waals surface area (Å²) in [6.07, 6.45) is 6.36. The zero-order chi connectivity index (χ0) is 15.6. The molecule has 0 aromatic carbocycles. The average Bonchev–Trinajstić information content (AvgIpc) is 2.27. The summed E-state index contributed by atoms with van der Waals surface area (Å²) in [6, 6.07) is 0. The monoisotopic (exact) mass is 329 g/mol. The van der Waals surface area contributed by atoms with Crippen LogP contribution in [-0.2, 0) is 24.8 Å². The fourth-order valence-electron chi connectivity index (χ4n) is 1.67. The molecule has 7 nitrogen and oxygen atoms in total. The highest BCUT2D eigenvalue weighted by Gasteiger charge is 2.10. The Morgan fingerprint density at radius 2 is 1.60 bits per heavy atom. The van der Waals surface area contributed by atoms with Gasteiger partial charge in [-0.1, -0.05) is 0 Å². The third-order valence-corrected chi connectivity index (χ3v) is 3.96. The van der Waals surface area contributed by atoms with Crippen molar-refractivity contribution in [1.29, 1.82) is 0 Å². The van der Waals surface area contributed by atoms with Crippen LogP contribution in [0.4, 0.5) is 0 Å². The highest BCUT2D eigenvalue weighted by molar-refractivity contribution is 7.89. The van der Waals surface area contributed by atoms with E-state index >= 15 is 0 Å². The number of methoxy groups -OCH3 is 1. The van der Waals surface area contributed by atoms with Gasteiger partial charge in [0.15, 0.2) is 0 Å². The Kier molecular flexibility index (Phi) is 9.56. The van der Waals surface area contributed by atoms with E-state index < -0.39 is 20.0 Å². The molecule has 1 radical (unpaired) electrons. The van der Waals surface area contributed by atoms with Crippen molar-refractivity contribution in [2.75, 3.05) is 39.3 Å². The summed E-state index contributed by atoms with van der Waals surface area (Å²) in [4.78, 5) is 0. The van der Waals surface area contributed by atoms with Gasteiger partial charge in [0.05, 0.1) is 12.5 Å². The van der Waals surface area contributed by atoms with Gasteiger partial charge in [-0.05, 0) is 31.6 Å². The van der Waals surface area contributed by atoms with E-state index in [1.807, 2.05) is 6.42 Å². The molecule has 0 spiro atoms. The lowest BCUT2D eigenvalue weighted by molar-refractivity contribution is 0.158. The second kappa shape index (κ2) is 9.67. The van der Waals surface area contributed by atoms with Crippen molar-refractivity contribution < 1.29 is 21.6 Å². The maximum atomic E-state index is 10.9. The zero-order valence-electron chi connectivity index (χ0n) is 12.3. The van der Waals surface area contributed by atoms with Gasteiger partial charge in [-0.25, -0.2) is 26.3 Å². The van der Waals surface area contributed by atoms with Crippen LogP contribution in [0.5, 0.6) is 0 Å². The lowest BCUT2D eigenvalue weighted by Gasteiger charge is -2.15. The van der Waals surface area contributed by atoms with Crippen molar-refractivity contribution in [2.45, 2.75) is 19.3 Å². The Labute approximate surface area is 122 Å². The maximum Gasteiger partial charge on any atom is 0.208 e. The lowest BCUT2D eigenvalue weighted by Crippen LogP contribution is -2.25. The SMILES string of the molecule is COCC([CH]CCNS(C)(=O)=O)CCCNS(C)(=O)=O. The summed E-state index contributed by atoms with van der Waals surface area (Å²) in [7, 11) is -4.69. The Balaban J connectivity index is 3.86. The molecule has 0 amide bonds. The van der Waals surface area contributed by atoms with Crippen LogP contribution in [0, 0.1) is 12.3 Å². The van der Waals surface area contributed by atoms with E-state index in [4.69, 9.17) is 4.74 Å². The van der Waals surface area contributed by atoms with E-state index in [9.17, 15) is 16.8 Å². The number of hydrogen-bond donors (Lipinski definition) is 2. The Morgan fingerprint density at radius 1 is 1.05 bits per heavy atom. The smallest absolute Gasteiger partial charge is 0.208 e. The highest BCUT2D eigenvalue weighted by atomic mass is 32.2. The Hall–Kier alpha value is -0.220. The molecule has 0 aromatic heterocycles. The van der Waals surface area contributed by atoms with Gasteiger partial charge in [-0.2, -0.15) is 0 Å². The predicted octanol–water partition coefficient (Wildman–Crippen LogP) is -0.278. The number of ether oxygens (including phenoxy) is 1. The van der Waals surface area contributed by atoms with Crippen LogP contribution in [0.1, 0.15) is 19.3 Å². The van der Waals surface area contributed by atoms with Crippen LogP contribution in [-0.4, -0.2) is 56.2 Å². The minimum Gasteiger partial charge on any atom is -0.384 e. The second-order valence-corrected chi connectivity index (χ2v) is 8.38. The second-order valence-electron chi connectivity index (χ2n) is 4.72. The van der Waals surface area contributed by atoms with Crippen molar-refractivity contribution in [2.24, 2.45) is 5.92 Å². The molecule has 0 aromatic rings. The molecule has 1 unspecified atom stereocenters. The van der Waals surface area contributed by atoms with Crippen molar-refractivity contribution >= 4 is 20.0 Å². The molecule has 0 saturated carbocycles. The summed E-state index contributed by atoms with van der Waals surface area (Å²) in [5, 5.41) is 0. The molecule has 0 aliphatic carbocycles. The zero-order valence-corrected chi connectivity index (χ0v) is 13.9. The molecule has 20 heavy (non-hydrogen) atoms. The molecule has 9 heteroatoms. The van der Waals surface area contributed by atoms with Gasteiger partial charge < -0.3 is 4.74 Å². The Bertz CT molecular complexity index is 407. The van der Waals surface area contributed by atoms with Gasteiger partial charge >= 0.3 is 0 Å². The van der Waals surface area contributed by atoms with Crippen LogP contribution >= 0.6 is 0 Å². The van der Waals surface area contributed by atoms with Crippen molar-refractivity contribution in [3.05, 3.63) is 6.42 Å².